The molecule has 3 amide bonds. The second-order valence-corrected chi connectivity index (χ2v) is 7.63. The third kappa shape index (κ3) is 3.12. The Hall–Kier alpha value is -4.08. The molecular weight excluding hydrogens is 398 g/mol. The van der Waals surface area contributed by atoms with E-state index in [1.807, 2.05) is 19.2 Å². The van der Waals surface area contributed by atoms with Crippen LogP contribution >= 0.6 is 0 Å². The number of imide groups is 1. The molecule has 3 aromatic rings. The van der Waals surface area contributed by atoms with E-state index in [4.69, 9.17) is 5.73 Å². The lowest BCUT2D eigenvalue weighted by molar-refractivity contribution is -0.136. The molecule has 0 radical (unpaired) electrons. The number of carbonyl (C=O) groups excluding carboxylic acids is 3. The van der Waals surface area contributed by atoms with Crippen LogP contribution in [0.2, 0.25) is 0 Å². The van der Waals surface area contributed by atoms with Crippen molar-refractivity contribution in [3.05, 3.63) is 47.9 Å². The minimum Gasteiger partial charge on any atom is -0.368 e. The number of nitrogens with two attached hydrogens (primary N) is 1. The highest BCUT2D eigenvalue weighted by molar-refractivity contribution is 6.05. The van der Waals surface area contributed by atoms with Crippen molar-refractivity contribution in [2.45, 2.75) is 25.4 Å². The number of nitrogens with one attached hydrogen (secondary N) is 1. The highest BCUT2D eigenvalue weighted by atomic mass is 16.2. The van der Waals surface area contributed by atoms with Gasteiger partial charge < -0.3 is 10.6 Å². The standard InChI is InChI=1S/C21H19N7O3/c1-27-18(13-7-23-21(22)24-8-13)15(9-25-27)11-2-3-14-12(6-11)10-28(20(14)31)16-4-5-17(29)26-19(16)30/h2-3,6-9,16H,4-5,10H2,1H3,(H2,22,23,24)(H,26,29,30)/t16-/m0/s1. The highest BCUT2D eigenvalue weighted by Gasteiger charge is 2.39. The average Bonchev–Trinajstić information content (AvgIpc) is 3.28. The molecule has 0 unspecified atom stereocenters. The Morgan fingerprint density at radius 1 is 1.06 bits per heavy atom. The van der Waals surface area contributed by atoms with E-state index in [0.717, 1.165) is 27.9 Å². The number of amides is 3. The molecule has 4 heterocycles. The fourth-order valence-corrected chi connectivity index (χ4v) is 4.19. The number of piperidine rings is 1. The number of aryl methyl sites for hydroxylation is 1. The zero-order chi connectivity index (χ0) is 21.7. The summed E-state index contributed by atoms with van der Waals surface area (Å²) in [6.07, 6.45) is 5.60. The second-order valence-electron chi connectivity index (χ2n) is 7.63. The summed E-state index contributed by atoms with van der Waals surface area (Å²) in [6, 6.07) is 4.94. The van der Waals surface area contributed by atoms with Crippen LogP contribution in [-0.2, 0) is 23.2 Å². The van der Waals surface area contributed by atoms with Crippen LogP contribution in [0.25, 0.3) is 22.4 Å². The van der Waals surface area contributed by atoms with Crippen LogP contribution in [-0.4, -0.2) is 48.4 Å². The van der Waals surface area contributed by atoms with Crippen LogP contribution in [0.1, 0.15) is 28.8 Å². The van der Waals surface area contributed by atoms with Crippen molar-refractivity contribution in [2.75, 3.05) is 5.73 Å². The summed E-state index contributed by atoms with van der Waals surface area (Å²) >= 11 is 0. The van der Waals surface area contributed by atoms with Crippen LogP contribution in [0.4, 0.5) is 5.95 Å². The summed E-state index contributed by atoms with van der Waals surface area (Å²) < 4.78 is 1.73. The van der Waals surface area contributed by atoms with E-state index in [1.165, 1.54) is 4.90 Å². The zero-order valence-electron chi connectivity index (χ0n) is 16.7. The Morgan fingerprint density at radius 2 is 1.84 bits per heavy atom. The smallest absolute Gasteiger partial charge is 0.255 e. The average molecular weight is 417 g/mol. The molecule has 1 atom stereocenters. The maximum Gasteiger partial charge on any atom is 0.255 e. The summed E-state index contributed by atoms with van der Waals surface area (Å²) in [6.45, 7) is 0.314. The SMILES string of the molecule is Cn1ncc(-c2ccc3c(c2)CN([C@H]2CCC(=O)NC2=O)C3=O)c1-c1cnc(N)nc1. The largest absolute Gasteiger partial charge is 0.368 e. The van der Waals surface area contributed by atoms with E-state index in [2.05, 4.69) is 20.4 Å². The number of nitrogens with zero attached hydrogens (tertiary/aromatic N) is 5. The van der Waals surface area contributed by atoms with Gasteiger partial charge in [0.15, 0.2) is 0 Å². The van der Waals surface area contributed by atoms with E-state index >= 15 is 0 Å². The molecule has 156 valence electrons. The minimum absolute atomic E-state index is 0.192. The van der Waals surface area contributed by atoms with Gasteiger partial charge in [-0.15, -0.1) is 0 Å². The number of benzene rings is 1. The topological polar surface area (TPSA) is 136 Å². The molecule has 3 N–H and O–H groups in total. The molecule has 2 aromatic heterocycles. The fourth-order valence-electron chi connectivity index (χ4n) is 4.19. The number of anilines is 1. The summed E-state index contributed by atoms with van der Waals surface area (Å²) in [5.74, 6) is -0.731. The van der Waals surface area contributed by atoms with Gasteiger partial charge in [0.2, 0.25) is 17.8 Å². The lowest BCUT2D eigenvalue weighted by Gasteiger charge is -2.29. The molecular formula is C21H19N7O3. The first kappa shape index (κ1) is 18.9. The number of hydrogen-bond acceptors (Lipinski definition) is 7. The van der Waals surface area contributed by atoms with Gasteiger partial charge in [0.05, 0.1) is 11.9 Å². The molecule has 2 aliphatic rings. The van der Waals surface area contributed by atoms with Crippen molar-refractivity contribution < 1.29 is 14.4 Å². The molecule has 0 saturated carbocycles. The summed E-state index contributed by atoms with van der Waals surface area (Å²) in [4.78, 5) is 46.3. The Balaban J connectivity index is 1.49. The van der Waals surface area contributed by atoms with Gasteiger partial charge >= 0.3 is 0 Å². The van der Waals surface area contributed by atoms with E-state index < -0.39 is 11.9 Å². The van der Waals surface area contributed by atoms with E-state index in [-0.39, 0.29) is 24.2 Å². The minimum atomic E-state index is -0.637. The molecule has 10 nitrogen and oxygen atoms in total. The van der Waals surface area contributed by atoms with E-state index in [1.54, 1.807) is 29.3 Å². The molecule has 10 heteroatoms. The lowest BCUT2D eigenvalue weighted by atomic mass is 9.99. The first-order chi connectivity index (χ1) is 14.9. The second kappa shape index (κ2) is 7.01. The Morgan fingerprint density at radius 3 is 2.58 bits per heavy atom. The van der Waals surface area contributed by atoms with Crippen LogP contribution in [0, 0.1) is 0 Å². The summed E-state index contributed by atoms with van der Waals surface area (Å²) in [5, 5.41) is 6.69. The van der Waals surface area contributed by atoms with Crippen molar-refractivity contribution in [3.63, 3.8) is 0 Å². The van der Waals surface area contributed by atoms with Crippen molar-refractivity contribution in [1.82, 2.24) is 30.0 Å². The maximum atomic E-state index is 12.9. The number of nitrogen functional groups attached to an aromatic ring is 1. The summed E-state index contributed by atoms with van der Waals surface area (Å²) in [5.41, 5.74) is 10.3. The summed E-state index contributed by atoms with van der Waals surface area (Å²) in [7, 11) is 1.83. The molecule has 0 spiro atoms. The van der Waals surface area contributed by atoms with Gasteiger partial charge in [0.1, 0.15) is 6.04 Å². The van der Waals surface area contributed by atoms with Crippen molar-refractivity contribution in [1.29, 1.82) is 0 Å². The number of hydrogen-bond donors (Lipinski definition) is 2. The predicted molar refractivity (Wildman–Crippen MR) is 110 cm³/mol. The monoisotopic (exact) mass is 417 g/mol. The zero-order valence-corrected chi connectivity index (χ0v) is 16.7. The molecule has 0 aliphatic carbocycles. The van der Waals surface area contributed by atoms with Crippen molar-refractivity contribution in [3.8, 4) is 22.4 Å². The van der Waals surface area contributed by atoms with Crippen molar-refractivity contribution in [2.24, 2.45) is 7.05 Å². The molecule has 1 aromatic carbocycles. The molecule has 1 fully saturated rings. The van der Waals surface area contributed by atoms with Gasteiger partial charge in [-0.1, -0.05) is 6.07 Å². The maximum absolute atomic E-state index is 12.9. The van der Waals surface area contributed by atoms with Crippen LogP contribution in [0.5, 0.6) is 0 Å². The lowest BCUT2D eigenvalue weighted by Crippen LogP contribution is -2.52. The van der Waals surface area contributed by atoms with Gasteiger partial charge in [-0.05, 0) is 29.7 Å². The van der Waals surface area contributed by atoms with Crippen LogP contribution in [0.15, 0.2) is 36.8 Å². The van der Waals surface area contributed by atoms with Gasteiger partial charge in [0, 0.05) is 49.1 Å². The third-order valence-electron chi connectivity index (χ3n) is 5.72. The molecule has 0 bridgehead atoms. The number of aromatic nitrogens is 4. The number of fused-ring (bicyclic) bond motifs is 1. The van der Waals surface area contributed by atoms with Crippen LogP contribution < -0.4 is 11.1 Å². The predicted octanol–water partition coefficient (Wildman–Crippen LogP) is 0.887. The quantitative estimate of drug-likeness (QED) is 0.604. The van der Waals surface area contributed by atoms with Crippen molar-refractivity contribution >= 4 is 23.7 Å². The third-order valence-corrected chi connectivity index (χ3v) is 5.72. The number of rotatable bonds is 3. The number of carbonyl (C=O) groups is 3. The van der Waals surface area contributed by atoms with Gasteiger partial charge in [-0.3, -0.25) is 24.4 Å². The first-order valence-electron chi connectivity index (χ1n) is 9.80. The van der Waals surface area contributed by atoms with Gasteiger partial charge in [-0.25, -0.2) is 9.97 Å². The Kier molecular flexibility index (Phi) is 4.28. The normalized spacial score (nSPS) is 18.3. The first-order valence-corrected chi connectivity index (χ1v) is 9.80. The van der Waals surface area contributed by atoms with E-state index in [9.17, 15) is 14.4 Å². The molecule has 1 saturated heterocycles. The molecule has 31 heavy (non-hydrogen) atoms. The van der Waals surface area contributed by atoms with Crippen LogP contribution in [0.3, 0.4) is 0 Å². The van der Waals surface area contributed by atoms with Gasteiger partial charge in [-0.2, -0.15) is 5.10 Å². The molecule has 2 aliphatic heterocycles. The highest BCUT2D eigenvalue weighted by Crippen LogP contribution is 2.35. The Labute approximate surface area is 177 Å². The van der Waals surface area contributed by atoms with E-state index in [0.29, 0.717) is 18.5 Å². The van der Waals surface area contributed by atoms with Gasteiger partial charge in [0.25, 0.3) is 5.91 Å². The molecule has 5 rings (SSSR count). The fraction of sp³-hybridized carbons (Fsp3) is 0.238. The Bertz CT molecular complexity index is 1230.